The summed E-state index contributed by atoms with van der Waals surface area (Å²) in [5.74, 6) is 0.669. The summed E-state index contributed by atoms with van der Waals surface area (Å²) < 4.78 is 17.9. The number of carbonyl (C=O) groups excluding carboxylic acids is 1. The number of amides is 1. The number of benzene rings is 3. The van der Waals surface area contributed by atoms with Crippen molar-refractivity contribution in [3.05, 3.63) is 91.0 Å². The molecule has 3 aromatic carbocycles. The molecule has 0 aliphatic carbocycles. The molecule has 4 rings (SSSR count). The minimum Gasteiger partial charge on any atom is -0.490 e. The van der Waals surface area contributed by atoms with Crippen molar-refractivity contribution in [2.45, 2.75) is 13.5 Å². The van der Waals surface area contributed by atoms with Gasteiger partial charge in [-0.2, -0.15) is 5.10 Å². The normalized spacial score (nSPS) is 11.2. The summed E-state index contributed by atoms with van der Waals surface area (Å²) in [5.41, 5.74) is 4.47. The first-order valence-electron chi connectivity index (χ1n) is 10.4. The first-order chi connectivity index (χ1) is 16.8. The lowest BCUT2D eigenvalue weighted by Crippen LogP contribution is -2.16. The Morgan fingerprint density at radius 2 is 1.77 bits per heavy atom. The van der Waals surface area contributed by atoms with Crippen molar-refractivity contribution in [2.75, 3.05) is 6.61 Å². The Morgan fingerprint density at radius 3 is 2.54 bits per heavy atom. The molecule has 0 unspecified atom stereocenters. The van der Waals surface area contributed by atoms with Crippen molar-refractivity contribution >= 4 is 73.8 Å². The molecular weight excluding hydrogens is 579 g/mol. The first-order valence-corrected chi connectivity index (χ1v) is 12.3. The summed E-state index contributed by atoms with van der Waals surface area (Å²) >= 11 is 21.7. The number of halogens is 4. The smallest absolute Gasteiger partial charge is 0.307 e. The summed E-state index contributed by atoms with van der Waals surface area (Å²) in [6.07, 6.45) is 1.49. The van der Waals surface area contributed by atoms with Crippen LogP contribution in [0.15, 0.2) is 68.6 Å². The number of nitrogens with zero attached hydrogens (tertiary/aromatic N) is 1. The monoisotopic (exact) mass is 594 g/mol. The van der Waals surface area contributed by atoms with Crippen LogP contribution in [0.25, 0.3) is 11.0 Å². The van der Waals surface area contributed by atoms with Gasteiger partial charge in [-0.05, 0) is 71.4 Å². The van der Waals surface area contributed by atoms with E-state index in [0.717, 1.165) is 10.9 Å². The molecule has 0 saturated carbocycles. The maximum atomic E-state index is 12.4. The SMILES string of the molecule is CCOc1cc(/C=N/NC(=O)c2cc3cc(Cl)ccc3o2)c(Br)cc1OCc1ccc(Cl)cc1Cl. The van der Waals surface area contributed by atoms with Gasteiger partial charge in [-0.15, -0.1) is 0 Å². The lowest BCUT2D eigenvalue weighted by molar-refractivity contribution is 0.0929. The summed E-state index contributed by atoms with van der Waals surface area (Å²) in [6.45, 7) is 2.54. The number of nitrogens with one attached hydrogen (secondary N) is 1. The Kier molecular flexibility index (Phi) is 8.23. The number of fused-ring (bicyclic) bond motifs is 1. The second-order valence-electron chi connectivity index (χ2n) is 7.27. The van der Waals surface area contributed by atoms with Gasteiger partial charge in [-0.3, -0.25) is 4.79 Å². The standard InChI is InChI=1S/C25H18BrCl3N2O4/c1-2-33-22-9-16(19(26)11-23(22)34-13-14-3-4-18(28)10-20(14)29)12-30-31-25(32)24-8-15-7-17(27)5-6-21(15)35-24/h3-12H,2,13H2,1H3,(H,31,32)/b30-12+. The number of hydrogen-bond donors (Lipinski definition) is 1. The molecule has 0 atom stereocenters. The minimum atomic E-state index is -0.491. The molecule has 1 aromatic heterocycles. The number of carbonyl (C=O) groups is 1. The predicted octanol–water partition coefficient (Wildman–Crippen LogP) is 7.90. The van der Waals surface area contributed by atoms with Crippen LogP contribution in [0.5, 0.6) is 11.5 Å². The summed E-state index contributed by atoms with van der Waals surface area (Å²) in [6, 6.07) is 15.5. The highest BCUT2D eigenvalue weighted by Crippen LogP contribution is 2.34. The van der Waals surface area contributed by atoms with Crippen LogP contribution < -0.4 is 14.9 Å². The van der Waals surface area contributed by atoms with Gasteiger partial charge >= 0.3 is 5.91 Å². The van der Waals surface area contributed by atoms with E-state index in [2.05, 4.69) is 26.5 Å². The van der Waals surface area contributed by atoms with E-state index in [-0.39, 0.29) is 12.4 Å². The van der Waals surface area contributed by atoms with E-state index in [0.29, 0.717) is 48.8 Å². The largest absolute Gasteiger partial charge is 0.490 e. The molecule has 0 fully saturated rings. The van der Waals surface area contributed by atoms with Crippen LogP contribution >= 0.6 is 50.7 Å². The lowest BCUT2D eigenvalue weighted by Gasteiger charge is -2.14. The van der Waals surface area contributed by atoms with Gasteiger partial charge in [-0.25, -0.2) is 5.43 Å². The van der Waals surface area contributed by atoms with Crippen molar-refractivity contribution in [2.24, 2.45) is 5.10 Å². The molecule has 1 N–H and O–H groups in total. The second kappa shape index (κ2) is 11.4. The fourth-order valence-corrected chi connectivity index (χ4v) is 4.24. The van der Waals surface area contributed by atoms with E-state index in [9.17, 15) is 4.79 Å². The third-order valence-corrected chi connectivity index (χ3v) is 6.34. The predicted molar refractivity (Wildman–Crippen MR) is 142 cm³/mol. The number of hydrazone groups is 1. The Balaban J connectivity index is 1.47. The molecule has 4 aromatic rings. The molecule has 1 amide bonds. The van der Waals surface area contributed by atoms with Gasteiger partial charge in [0.1, 0.15) is 12.2 Å². The second-order valence-corrected chi connectivity index (χ2v) is 9.40. The summed E-state index contributed by atoms with van der Waals surface area (Å²) in [4.78, 5) is 12.4. The van der Waals surface area contributed by atoms with Crippen LogP contribution in [0.2, 0.25) is 15.1 Å². The molecule has 0 bridgehead atoms. The molecule has 6 nitrogen and oxygen atoms in total. The van der Waals surface area contributed by atoms with Gasteiger partial charge in [0, 0.05) is 36.1 Å². The highest BCUT2D eigenvalue weighted by Gasteiger charge is 2.14. The van der Waals surface area contributed by atoms with E-state index >= 15 is 0 Å². The molecule has 180 valence electrons. The van der Waals surface area contributed by atoms with Crippen molar-refractivity contribution in [3.8, 4) is 11.5 Å². The average Bonchev–Trinajstić information content (AvgIpc) is 3.24. The molecule has 1 heterocycles. The van der Waals surface area contributed by atoms with Crippen LogP contribution in [-0.2, 0) is 6.61 Å². The number of furan rings is 1. The lowest BCUT2D eigenvalue weighted by atomic mass is 10.2. The van der Waals surface area contributed by atoms with Crippen molar-refractivity contribution in [1.82, 2.24) is 5.43 Å². The Morgan fingerprint density at radius 1 is 1.03 bits per heavy atom. The van der Waals surface area contributed by atoms with Crippen molar-refractivity contribution < 1.29 is 18.7 Å². The van der Waals surface area contributed by atoms with Crippen LogP contribution in [0.1, 0.15) is 28.6 Å². The van der Waals surface area contributed by atoms with Crippen molar-refractivity contribution in [3.63, 3.8) is 0 Å². The molecule has 35 heavy (non-hydrogen) atoms. The van der Waals surface area contributed by atoms with Gasteiger partial charge < -0.3 is 13.9 Å². The summed E-state index contributed by atoms with van der Waals surface area (Å²) in [5, 5.41) is 6.40. The zero-order valence-electron chi connectivity index (χ0n) is 18.3. The van der Waals surface area contributed by atoms with Crippen LogP contribution in [0, 0.1) is 0 Å². The molecule has 0 spiro atoms. The third-order valence-electron chi connectivity index (χ3n) is 4.83. The molecule has 0 aliphatic heterocycles. The molecule has 10 heteroatoms. The zero-order valence-corrected chi connectivity index (χ0v) is 22.1. The number of hydrogen-bond acceptors (Lipinski definition) is 5. The topological polar surface area (TPSA) is 73.1 Å². The van der Waals surface area contributed by atoms with E-state index in [1.54, 1.807) is 54.6 Å². The van der Waals surface area contributed by atoms with Gasteiger partial charge in [0.15, 0.2) is 17.3 Å². The minimum absolute atomic E-state index is 0.123. The zero-order chi connectivity index (χ0) is 24.9. The van der Waals surface area contributed by atoms with Crippen LogP contribution in [0.4, 0.5) is 0 Å². The average molecular weight is 597 g/mol. The third kappa shape index (κ3) is 6.30. The molecule has 0 saturated heterocycles. The van der Waals surface area contributed by atoms with Gasteiger partial charge in [0.05, 0.1) is 12.8 Å². The van der Waals surface area contributed by atoms with Crippen LogP contribution in [-0.4, -0.2) is 18.7 Å². The van der Waals surface area contributed by atoms with Gasteiger partial charge in [-0.1, -0.05) is 40.9 Å². The van der Waals surface area contributed by atoms with Gasteiger partial charge in [0.2, 0.25) is 0 Å². The van der Waals surface area contributed by atoms with E-state index in [1.165, 1.54) is 6.21 Å². The number of ether oxygens (including phenoxy) is 2. The van der Waals surface area contributed by atoms with E-state index in [4.69, 9.17) is 48.7 Å². The Hall–Kier alpha value is -2.71. The molecule has 0 aliphatic rings. The highest BCUT2D eigenvalue weighted by atomic mass is 79.9. The van der Waals surface area contributed by atoms with Crippen molar-refractivity contribution in [1.29, 1.82) is 0 Å². The quantitative estimate of drug-likeness (QED) is 0.166. The highest BCUT2D eigenvalue weighted by molar-refractivity contribution is 9.10. The Labute approximate surface area is 224 Å². The van der Waals surface area contributed by atoms with E-state index in [1.807, 2.05) is 6.92 Å². The molecule has 0 radical (unpaired) electrons. The Bertz CT molecular complexity index is 1420. The number of rotatable bonds is 8. The van der Waals surface area contributed by atoms with E-state index < -0.39 is 5.91 Å². The van der Waals surface area contributed by atoms with Gasteiger partial charge in [0.25, 0.3) is 0 Å². The maximum absolute atomic E-state index is 12.4. The fraction of sp³-hybridized carbons (Fsp3) is 0.120. The summed E-state index contributed by atoms with van der Waals surface area (Å²) in [7, 11) is 0. The van der Waals surface area contributed by atoms with Crippen LogP contribution in [0.3, 0.4) is 0 Å². The fourth-order valence-electron chi connectivity index (χ4n) is 3.17. The first kappa shape index (κ1) is 25.4. The maximum Gasteiger partial charge on any atom is 0.307 e. The molecular formula is C25H18BrCl3N2O4.